The maximum atomic E-state index is 5.64. The van der Waals surface area contributed by atoms with E-state index in [0.717, 1.165) is 47.2 Å². The summed E-state index contributed by atoms with van der Waals surface area (Å²) < 4.78 is 16.3. The molecule has 0 radical (unpaired) electrons. The Morgan fingerprint density at radius 3 is 2.53 bits per heavy atom. The Balaban J connectivity index is 0.00000363. The fraction of sp³-hybridized carbons (Fsp3) is 0.333. The average molecular weight is 550 g/mol. The van der Waals surface area contributed by atoms with Crippen LogP contribution in [0.3, 0.4) is 0 Å². The summed E-state index contributed by atoms with van der Waals surface area (Å²) in [5.41, 5.74) is 4.07. The molecule has 0 unspecified atom stereocenters. The van der Waals surface area contributed by atoms with Crippen molar-refractivity contribution in [1.29, 1.82) is 0 Å². The molecule has 0 aliphatic rings. The quantitative estimate of drug-likeness (QED) is 0.231. The van der Waals surface area contributed by atoms with Crippen molar-refractivity contribution in [3.05, 3.63) is 65.5 Å². The third kappa shape index (κ3) is 7.15. The zero-order chi connectivity index (χ0) is 22.1. The van der Waals surface area contributed by atoms with Crippen LogP contribution in [0, 0.1) is 6.92 Å². The molecule has 2 N–H and O–H groups in total. The third-order valence-corrected chi connectivity index (χ3v) is 4.77. The minimum atomic E-state index is 0. The standard InChI is InChI=1S/C24H30N4O3.HI/c1-5-25-24(27-15-19-10-11-21(29-3)14-22(19)30-4)26-13-12-20-16-31-23(28-20)18-8-6-17(2)7-9-18;/h6-11,14,16H,5,12-13,15H2,1-4H3,(H2,25,26,27);1H. The first-order valence-corrected chi connectivity index (χ1v) is 10.4. The maximum Gasteiger partial charge on any atom is 0.226 e. The van der Waals surface area contributed by atoms with Crippen molar-refractivity contribution < 1.29 is 13.9 Å². The number of nitrogens with zero attached hydrogens (tertiary/aromatic N) is 2. The van der Waals surface area contributed by atoms with Gasteiger partial charge < -0.3 is 24.5 Å². The van der Waals surface area contributed by atoms with E-state index in [4.69, 9.17) is 13.9 Å². The minimum absolute atomic E-state index is 0. The number of oxazole rings is 1. The number of rotatable bonds is 9. The molecule has 172 valence electrons. The highest BCUT2D eigenvalue weighted by atomic mass is 127. The second-order valence-electron chi connectivity index (χ2n) is 7.06. The lowest BCUT2D eigenvalue weighted by atomic mass is 10.1. The summed E-state index contributed by atoms with van der Waals surface area (Å²) in [6, 6.07) is 13.9. The number of hydrogen-bond donors (Lipinski definition) is 2. The average Bonchev–Trinajstić information content (AvgIpc) is 3.26. The number of methoxy groups -OCH3 is 2. The normalized spacial score (nSPS) is 10.9. The molecule has 1 heterocycles. The molecule has 32 heavy (non-hydrogen) atoms. The number of nitrogens with one attached hydrogen (secondary N) is 2. The molecular weight excluding hydrogens is 519 g/mol. The van der Waals surface area contributed by atoms with Crippen molar-refractivity contribution in [3.63, 3.8) is 0 Å². The lowest BCUT2D eigenvalue weighted by Gasteiger charge is -2.12. The highest BCUT2D eigenvalue weighted by Gasteiger charge is 2.08. The molecule has 8 heteroatoms. The predicted molar refractivity (Wildman–Crippen MR) is 138 cm³/mol. The number of aliphatic imine (C=N–C) groups is 1. The Morgan fingerprint density at radius 1 is 1.06 bits per heavy atom. The summed E-state index contributed by atoms with van der Waals surface area (Å²) in [6.45, 7) is 6.05. The number of hydrogen-bond acceptors (Lipinski definition) is 5. The Hall–Kier alpha value is -2.75. The third-order valence-electron chi connectivity index (χ3n) is 4.77. The van der Waals surface area contributed by atoms with Crippen LogP contribution in [0.4, 0.5) is 0 Å². The van der Waals surface area contributed by atoms with Crippen LogP contribution in [-0.2, 0) is 13.0 Å². The van der Waals surface area contributed by atoms with Crippen LogP contribution >= 0.6 is 24.0 Å². The lowest BCUT2D eigenvalue weighted by molar-refractivity contribution is 0.391. The van der Waals surface area contributed by atoms with Crippen LogP contribution in [-0.4, -0.2) is 38.3 Å². The second-order valence-corrected chi connectivity index (χ2v) is 7.06. The molecule has 0 amide bonds. The monoisotopic (exact) mass is 550 g/mol. The summed E-state index contributed by atoms with van der Waals surface area (Å²) in [4.78, 5) is 9.26. The van der Waals surface area contributed by atoms with Gasteiger partial charge in [-0.05, 0) is 38.1 Å². The van der Waals surface area contributed by atoms with E-state index in [1.165, 1.54) is 5.56 Å². The van der Waals surface area contributed by atoms with Crippen molar-refractivity contribution in [2.24, 2.45) is 4.99 Å². The largest absolute Gasteiger partial charge is 0.497 e. The van der Waals surface area contributed by atoms with Crippen LogP contribution in [0.15, 0.2) is 58.1 Å². The van der Waals surface area contributed by atoms with Gasteiger partial charge in [0, 0.05) is 36.7 Å². The Bertz CT molecular complexity index is 1000. The first-order chi connectivity index (χ1) is 15.1. The number of benzene rings is 2. The number of aromatic nitrogens is 1. The summed E-state index contributed by atoms with van der Waals surface area (Å²) >= 11 is 0. The Kier molecular flexibility index (Phi) is 10.3. The fourth-order valence-electron chi connectivity index (χ4n) is 3.05. The maximum absolute atomic E-state index is 5.64. The van der Waals surface area contributed by atoms with Crippen molar-refractivity contribution in [2.75, 3.05) is 27.3 Å². The van der Waals surface area contributed by atoms with Crippen LogP contribution in [0.2, 0.25) is 0 Å². The molecule has 3 rings (SSSR count). The summed E-state index contributed by atoms with van der Waals surface area (Å²) in [6.07, 6.45) is 2.44. The van der Waals surface area contributed by atoms with E-state index in [1.54, 1.807) is 20.5 Å². The Morgan fingerprint density at radius 2 is 1.84 bits per heavy atom. The van der Waals surface area contributed by atoms with Gasteiger partial charge in [-0.15, -0.1) is 24.0 Å². The molecule has 1 aromatic heterocycles. The molecule has 0 atom stereocenters. The van der Waals surface area contributed by atoms with E-state index in [1.807, 2.05) is 37.3 Å². The molecule has 0 fully saturated rings. The van der Waals surface area contributed by atoms with Crippen molar-refractivity contribution in [3.8, 4) is 23.0 Å². The van der Waals surface area contributed by atoms with Gasteiger partial charge in [-0.1, -0.05) is 17.7 Å². The van der Waals surface area contributed by atoms with Gasteiger partial charge >= 0.3 is 0 Å². The molecule has 0 bridgehead atoms. The highest BCUT2D eigenvalue weighted by molar-refractivity contribution is 14.0. The van der Waals surface area contributed by atoms with E-state index >= 15 is 0 Å². The molecule has 0 aliphatic carbocycles. The molecule has 0 aliphatic heterocycles. The topological polar surface area (TPSA) is 80.9 Å². The van der Waals surface area contributed by atoms with Gasteiger partial charge in [0.1, 0.15) is 17.8 Å². The summed E-state index contributed by atoms with van der Waals surface area (Å²) in [5, 5.41) is 6.61. The number of aryl methyl sites for hydroxylation is 1. The Labute approximate surface area is 206 Å². The molecule has 7 nitrogen and oxygen atoms in total. The van der Waals surface area contributed by atoms with Crippen molar-refractivity contribution in [1.82, 2.24) is 15.6 Å². The molecule has 0 saturated heterocycles. The van der Waals surface area contributed by atoms with Gasteiger partial charge in [-0.25, -0.2) is 9.98 Å². The van der Waals surface area contributed by atoms with Crippen LogP contribution in [0.25, 0.3) is 11.5 Å². The molecule has 3 aromatic rings. The smallest absolute Gasteiger partial charge is 0.226 e. The number of guanidine groups is 1. The van der Waals surface area contributed by atoms with Gasteiger partial charge in [-0.3, -0.25) is 0 Å². The number of halogens is 1. The van der Waals surface area contributed by atoms with Crippen molar-refractivity contribution >= 4 is 29.9 Å². The molecule has 0 spiro atoms. The fourth-order valence-corrected chi connectivity index (χ4v) is 3.05. The van der Waals surface area contributed by atoms with Gasteiger partial charge in [0.2, 0.25) is 5.89 Å². The molecular formula is C24H31IN4O3. The minimum Gasteiger partial charge on any atom is -0.497 e. The van der Waals surface area contributed by atoms with Gasteiger partial charge in [-0.2, -0.15) is 0 Å². The van der Waals surface area contributed by atoms with Gasteiger partial charge in [0.15, 0.2) is 5.96 Å². The number of ether oxygens (including phenoxy) is 2. The van der Waals surface area contributed by atoms with Gasteiger partial charge in [0.25, 0.3) is 0 Å². The summed E-state index contributed by atoms with van der Waals surface area (Å²) in [5.74, 6) is 2.89. The van der Waals surface area contributed by atoms with E-state index in [9.17, 15) is 0 Å². The summed E-state index contributed by atoms with van der Waals surface area (Å²) in [7, 11) is 3.28. The SMILES string of the molecule is CCNC(=NCc1ccc(OC)cc1OC)NCCc1coc(-c2ccc(C)cc2)n1.I. The zero-order valence-corrected chi connectivity index (χ0v) is 21.3. The highest BCUT2D eigenvalue weighted by Crippen LogP contribution is 2.25. The van der Waals surface area contributed by atoms with Crippen molar-refractivity contribution in [2.45, 2.75) is 26.8 Å². The first-order valence-electron chi connectivity index (χ1n) is 10.4. The molecule has 0 saturated carbocycles. The molecule has 2 aromatic carbocycles. The van der Waals surface area contributed by atoms with E-state index in [0.29, 0.717) is 19.0 Å². The van der Waals surface area contributed by atoms with E-state index in [2.05, 4.69) is 39.7 Å². The van der Waals surface area contributed by atoms with Crippen LogP contribution in [0.5, 0.6) is 11.5 Å². The van der Waals surface area contributed by atoms with E-state index < -0.39 is 0 Å². The van der Waals surface area contributed by atoms with Crippen LogP contribution < -0.4 is 20.1 Å². The van der Waals surface area contributed by atoms with Crippen LogP contribution in [0.1, 0.15) is 23.7 Å². The lowest BCUT2D eigenvalue weighted by Crippen LogP contribution is -2.38. The second kappa shape index (κ2) is 12.9. The zero-order valence-electron chi connectivity index (χ0n) is 19.0. The van der Waals surface area contributed by atoms with E-state index in [-0.39, 0.29) is 24.0 Å². The first kappa shape index (κ1) is 25.5. The predicted octanol–water partition coefficient (Wildman–Crippen LogP) is 4.58. The van der Waals surface area contributed by atoms with Gasteiger partial charge in [0.05, 0.1) is 26.5 Å².